The van der Waals surface area contributed by atoms with Crippen molar-refractivity contribution in [2.24, 2.45) is 0 Å². The van der Waals surface area contributed by atoms with Gasteiger partial charge in [-0.2, -0.15) is 0 Å². The molecule has 0 saturated carbocycles. The van der Waals surface area contributed by atoms with E-state index in [-0.39, 0.29) is 11.3 Å². The Labute approximate surface area is 116 Å². The van der Waals surface area contributed by atoms with Crippen LogP contribution < -0.4 is 5.73 Å². The molecule has 1 aromatic rings. The van der Waals surface area contributed by atoms with Crippen molar-refractivity contribution in [3.63, 3.8) is 0 Å². The Morgan fingerprint density at radius 3 is 2.53 bits per heavy atom. The van der Waals surface area contributed by atoms with Gasteiger partial charge in [0.2, 0.25) is 0 Å². The Kier molecular flexibility index (Phi) is 4.83. The molecule has 0 unspecified atom stereocenters. The van der Waals surface area contributed by atoms with E-state index in [9.17, 15) is 9.59 Å². The number of esters is 1. The van der Waals surface area contributed by atoms with Gasteiger partial charge < -0.3 is 15.6 Å². The van der Waals surface area contributed by atoms with Crippen LogP contribution in [0, 0.1) is 0 Å². The fraction of sp³-hybridized carbons (Fsp3) is 0.385. The number of rotatable bonds is 4. The number of hydrogen-bond acceptors (Lipinski definition) is 5. The summed E-state index contributed by atoms with van der Waals surface area (Å²) in [6, 6.07) is 4.48. The highest BCUT2D eigenvalue weighted by Crippen LogP contribution is 2.26. The summed E-state index contributed by atoms with van der Waals surface area (Å²) in [4.78, 5) is 23.1. The van der Waals surface area contributed by atoms with Crippen LogP contribution in [0.15, 0.2) is 23.1 Å². The number of hydrogen-bond donors (Lipinski definition) is 2. The lowest BCUT2D eigenvalue weighted by molar-refractivity contribution is -0.151. The predicted molar refractivity (Wildman–Crippen MR) is 74.4 cm³/mol. The van der Waals surface area contributed by atoms with Crippen LogP contribution in [0.4, 0.5) is 5.69 Å². The molecule has 0 aliphatic heterocycles. The Bertz CT molecular complexity index is 494. The van der Waals surface area contributed by atoms with Gasteiger partial charge in [-0.1, -0.05) is 0 Å². The van der Waals surface area contributed by atoms with Crippen molar-refractivity contribution in [3.8, 4) is 0 Å². The highest BCUT2D eigenvalue weighted by Gasteiger charge is 2.18. The van der Waals surface area contributed by atoms with Gasteiger partial charge in [0.1, 0.15) is 5.60 Å². The Hall–Kier alpha value is -1.69. The predicted octanol–water partition coefficient (Wildman–Crippen LogP) is 2.40. The van der Waals surface area contributed by atoms with Crippen molar-refractivity contribution in [1.82, 2.24) is 0 Å². The van der Waals surface area contributed by atoms with Crippen LogP contribution in [0.3, 0.4) is 0 Å². The smallest absolute Gasteiger partial charge is 0.336 e. The molecule has 0 fully saturated rings. The number of benzene rings is 1. The molecule has 104 valence electrons. The minimum Gasteiger partial charge on any atom is -0.478 e. The molecule has 0 amide bonds. The fourth-order valence-electron chi connectivity index (χ4n) is 1.34. The first-order valence-corrected chi connectivity index (χ1v) is 6.65. The van der Waals surface area contributed by atoms with E-state index in [1.165, 1.54) is 12.1 Å². The molecule has 6 heteroatoms. The molecule has 1 aromatic carbocycles. The number of aromatic carboxylic acids is 1. The first-order valence-electron chi connectivity index (χ1n) is 5.66. The van der Waals surface area contributed by atoms with Crippen molar-refractivity contribution in [3.05, 3.63) is 23.8 Å². The maximum atomic E-state index is 11.6. The average molecular weight is 283 g/mol. The lowest BCUT2D eigenvalue weighted by Crippen LogP contribution is -2.25. The highest BCUT2D eigenvalue weighted by molar-refractivity contribution is 8.00. The number of carbonyl (C=O) groups is 2. The van der Waals surface area contributed by atoms with Crippen LogP contribution in [0.1, 0.15) is 31.1 Å². The number of anilines is 1. The van der Waals surface area contributed by atoms with Gasteiger partial charge in [-0.05, 0) is 39.0 Å². The van der Waals surface area contributed by atoms with E-state index in [4.69, 9.17) is 15.6 Å². The second kappa shape index (κ2) is 5.97. The number of nitrogens with two attached hydrogens (primary N) is 1. The zero-order valence-electron chi connectivity index (χ0n) is 11.1. The lowest BCUT2D eigenvalue weighted by Gasteiger charge is -2.19. The summed E-state index contributed by atoms with van der Waals surface area (Å²) in [7, 11) is 0. The molecule has 0 aliphatic rings. The van der Waals surface area contributed by atoms with Crippen LogP contribution in [0.2, 0.25) is 0 Å². The van der Waals surface area contributed by atoms with Gasteiger partial charge in [-0.15, -0.1) is 11.8 Å². The topological polar surface area (TPSA) is 89.6 Å². The summed E-state index contributed by atoms with van der Waals surface area (Å²) in [6.45, 7) is 5.33. The van der Waals surface area contributed by atoms with Gasteiger partial charge in [0.05, 0.1) is 11.3 Å². The van der Waals surface area contributed by atoms with Crippen molar-refractivity contribution in [2.45, 2.75) is 31.3 Å². The van der Waals surface area contributed by atoms with Crippen molar-refractivity contribution in [2.75, 3.05) is 11.5 Å². The molecule has 0 aliphatic carbocycles. The van der Waals surface area contributed by atoms with Gasteiger partial charge in [-0.3, -0.25) is 4.79 Å². The lowest BCUT2D eigenvalue weighted by atomic mass is 10.2. The van der Waals surface area contributed by atoms with Gasteiger partial charge in [0.15, 0.2) is 0 Å². The quantitative estimate of drug-likeness (QED) is 0.501. The highest BCUT2D eigenvalue weighted by atomic mass is 32.2. The van der Waals surface area contributed by atoms with E-state index in [0.717, 1.165) is 11.8 Å². The van der Waals surface area contributed by atoms with E-state index >= 15 is 0 Å². The van der Waals surface area contributed by atoms with Gasteiger partial charge in [0.25, 0.3) is 0 Å². The van der Waals surface area contributed by atoms with Gasteiger partial charge in [-0.25, -0.2) is 4.79 Å². The summed E-state index contributed by atoms with van der Waals surface area (Å²) < 4.78 is 5.15. The molecule has 0 radical (unpaired) electrons. The second-order valence-electron chi connectivity index (χ2n) is 4.94. The number of carboxylic acids is 1. The molecular weight excluding hydrogens is 266 g/mol. The van der Waals surface area contributed by atoms with Crippen LogP contribution in [0.5, 0.6) is 0 Å². The average Bonchev–Trinajstić information content (AvgIpc) is 2.23. The largest absolute Gasteiger partial charge is 0.478 e. The normalized spacial score (nSPS) is 11.1. The van der Waals surface area contributed by atoms with Gasteiger partial charge >= 0.3 is 11.9 Å². The molecule has 1 rings (SSSR count). The molecule has 0 bridgehead atoms. The van der Waals surface area contributed by atoms with E-state index in [1.807, 2.05) is 0 Å². The summed E-state index contributed by atoms with van der Waals surface area (Å²) in [5.41, 5.74) is 5.64. The summed E-state index contributed by atoms with van der Waals surface area (Å²) in [5, 5.41) is 9.04. The Balaban J connectivity index is 2.75. The van der Waals surface area contributed by atoms with Crippen molar-refractivity contribution >= 4 is 29.4 Å². The molecule has 3 N–H and O–H groups in total. The molecule has 0 spiro atoms. The zero-order valence-corrected chi connectivity index (χ0v) is 11.9. The van der Waals surface area contributed by atoms with Gasteiger partial charge in [0, 0.05) is 10.6 Å². The number of carboxylic acid groups (broad SMARTS) is 1. The fourth-order valence-corrected chi connectivity index (χ4v) is 2.21. The van der Waals surface area contributed by atoms with Crippen molar-refractivity contribution < 1.29 is 19.4 Å². The maximum Gasteiger partial charge on any atom is 0.336 e. The molecule has 19 heavy (non-hydrogen) atoms. The number of ether oxygens (including phenoxy) is 1. The van der Waals surface area contributed by atoms with E-state index in [1.54, 1.807) is 26.8 Å². The van der Waals surface area contributed by atoms with Crippen LogP contribution >= 0.6 is 11.8 Å². The molecule has 5 nitrogen and oxygen atoms in total. The monoisotopic (exact) mass is 283 g/mol. The van der Waals surface area contributed by atoms with E-state index in [0.29, 0.717) is 10.6 Å². The van der Waals surface area contributed by atoms with E-state index < -0.39 is 17.5 Å². The minimum absolute atomic E-state index is 0.0427. The molecule has 0 atom stereocenters. The first-order chi connectivity index (χ1) is 8.69. The number of carbonyl (C=O) groups excluding carboxylic acids is 1. The Morgan fingerprint density at radius 2 is 2.00 bits per heavy atom. The van der Waals surface area contributed by atoms with E-state index in [2.05, 4.69) is 0 Å². The standard InChI is InChI=1S/C13H17NO4S/c1-13(2,3)18-11(15)7-19-10-6-8(14)4-5-9(10)12(16)17/h4-6H,7,14H2,1-3H3,(H,16,17). The van der Waals surface area contributed by atoms with Crippen LogP contribution in [-0.4, -0.2) is 28.4 Å². The second-order valence-corrected chi connectivity index (χ2v) is 5.95. The third kappa shape index (κ3) is 5.21. The maximum absolute atomic E-state index is 11.6. The van der Waals surface area contributed by atoms with Crippen molar-refractivity contribution in [1.29, 1.82) is 0 Å². The summed E-state index contributed by atoms with van der Waals surface area (Å²) in [5.74, 6) is -1.40. The Morgan fingerprint density at radius 1 is 1.37 bits per heavy atom. The number of nitrogen functional groups attached to an aromatic ring is 1. The first kappa shape index (κ1) is 15.4. The minimum atomic E-state index is -1.05. The van der Waals surface area contributed by atoms with Crippen LogP contribution in [-0.2, 0) is 9.53 Å². The number of thioether (sulfide) groups is 1. The molecular formula is C13H17NO4S. The third-order valence-corrected chi connectivity index (χ3v) is 3.03. The molecule has 0 aromatic heterocycles. The van der Waals surface area contributed by atoms with Crippen LogP contribution in [0.25, 0.3) is 0 Å². The summed E-state index contributed by atoms with van der Waals surface area (Å²) >= 11 is 1.10. The third-order valence-electron chi connectivity index (χ3n) is 2.00. The molecule has 0 saturated heterocycles. The SMILES string of the molecule is CC(C)(C)OC(=O)CSc1cc(N)ccc1C(=O)O. The zero-order chi connectivity index (χ0) is 14.6. The molecule has 0 heterocycles. The summed E-state index contributed by atoms with van der Waals surface area (Å²) in [6.07, 6.45) is 0.